The Labute approximate surface area is 93.0 Å². The molecule has 0 radical (unpaired) electrons. The van der Waals surface area contributed by atoms with Crippen LogP contribution in [-0.4, -0.2) is 25.5 Å². The van der Waals surface area contributed by atoms with Gasteiger partial charge < -0.3 is 10.6 Å². The number of hydrogen-bond donors (Lipinski definition) is 2. The van der Waals surface area contributed by atoms with Crippen LogP contribution in [0.5, 0.6) is 0 Å². The van der Waals surface area contributed by atoms with Crippen molar-refractivity contribution in [3.05, 3.63) is 0 Å². The Balaban J connectivity index is 2.31. The standard InChI is InChI=1S/C12H24N2O/c1-10(13-3)11(15)14-9-12(2)7-5-4-6-8-12/h10,13H,4-9H2,1-3H3,(H,14,15). The summed E-state index contributed by atoms with van der Waals surface area (Å²) < 4.78 is 0. The normalized spacial score (nSPS) is 22.1. The van der Waals surface area contributed by atoms with Gasteiger partial charge in [0.15, 0.2) is 0 Å². The molecule has 0 spiro atoms. The van der Waals surface area contributed by atoms with Gasteiger partial charge in [-0.15, -0.1) is 0 Å². The first-order valence-electron chi connectivity index (χ1n) is 6.02. The molecule has 3 nitrogen and oxygen atoms in total. The van der Waals surface area contributed by atoms with Crippen LogP contribution in [-0.2, 0) is 4.79 Å². The highest BCUT2D eigenvalue weighted by molar-refractivity contribution is 5.81. The number of amides is 1. The van der Waals surface area contributed by atoms with Crippen LogP contribution < -0.4 is 10.6 Å². The van der Waals surface area contributed by atoms with E-state index in [4.69, 9.17) is 0 Å². The SMILES string of the molecule is CNC(C)C(=O)NCC1(C)CCCCC1. The molecule has 1 rings (SSSR count). The molecule has 15 heavy (non-hydrogen) atoms. The summed E-state index contributed by atoms with van der Waals surface area (Å²) in [5, 5.41) is 6.00. The van der Waals surface area contributed by atoms with E-state index in [1.807, 2.05) is 14.0 Å². The zero-order chi connectivity index (χ0) is 11.3. The molecule has 1 saturated carbocycles. The van der Waals surface area contributed by atoms with Crippen molar-refractivity contribution in [1.29, 1.82) is 0 Å². The Morgan fingerprint density at radius 2 is 1.93 bits per heavy atom. The zero-order valence-electron chi connectivity index (χ0n) is 10.2. The fourth-order valence-electron chi connectivity index (χ4n) is 2.17. The van der Waals surface area contributed by atoms with Gasteiger partial charge in [0.25, 0.3) is 0 Å². The molecule has 0 aromatic rings. The lowest BCUT2D eigenvalue weighted by Crippen LogP contribution is -2.44. The molecule has 0 aromatic heterocycles. The van der Waals surface area contributed by atoms with Gasteiger partial charge in [0, 0.05) is 6.54 Å². The highest BCUT2D eigenvalue weighted by Gasteiger charge is 2.27. The average Bonchev–Trinajstić information content (AvgIpc) is 2.26. The smallest absolute Gasteiger partial charge is 0.236 e. The monoisotopic (exact) mass is 212 g/mol. The molecule has 1 amide bonds. The quantitative estimate of drug-likeness (QED) is 0.744. The molecule has 3 heteroatoms. The predicted octanol–water partition coefficient (Wildman–Crippen LogP) is 1.68. The van der Waals surface area contributed by atoms with Crippen LogP contribution in [0.3, 0.4) is 0 Å². The van der Waals surface area contributed by atoms with Gasteiger partial charge in [0.1, 0.15) is 0 Å². The van der Waals surface area contributed by atoms with E-state index in [1.54, 1.807) is 0 Å². The lowest BCUT2D eigenvalue weighted by atomic mass is 9.76. The number of likely N-dealkylation sites (N-methyl/N-ethyl adjacent to an activating group) is 1. The van der Waals surface area contributed by atoms with Gasteiger partial charge in [-0.05, 0) is 32.2 Å². The van der Waals surface area contributed by atoms with Gasteiger partial charge in [0.2, 0.25) is 5.91 Å². The summed E-state index contributed by atoms with van der Waals surface area (Å²) in [6.45, 7) is 5.01. The van der Waals surface area contributed by atoms with Crippen LogP contribution in [0.1, 0.15) is 46.0 Å². The second-order valence-electron chi connectivity index (χ2n) is 5.10. The van der Waals surface area contributed by atoms with Gasteiger partial charge in [-0.2, -0.15) is 0 Å². The summed E-state index contributed by atoms with van der Waals surface area (Å²) in [5.41, 5.74) is 0.335. The molecular formula is C12H24N2O. The second-order valence-corrected chi connectivity index (χ2v) is 5.10. The highest BCUT2D eigenvalue weighted by Crippen LogP contribution is 2.34. The summed E-state index contributed by atoms with van der Waals surface area (Å²) in [5.74, 6) is 0.115. The molecule has 0 saturated heterocycles. The Hall–Kier alpha value is -0.570. The van der Waals surface area contributed by atoms with E-state index in [0.29, 0.717) is 5.41 Å². The van der Waals surface area contributed by atoms with Crippen LogP contribution >= 0.6 is 0 Å². The second kappa shape index (κ2) is 5.50. The lowest BCUT2D eigenvalue weighted by Gasteiger charge is -2.34. The first-order chi connectivity index (χ1) is 7.07. The number of carbonyl (C=O) groups excluding carboxylic acids is 1. The van der Waals surface area contributed by atoms with Gasteiger partial charge in [-0.1, -0.05) is 26.2 Å². The summed E-state index contributed by atoms with van der Waals surface area (Å²) >= 11 is 0. The van der Waals surface area contributed by atoms with Crippen molar-refractivity contribution in [3.63, 3.8) is 0 Å². The maximum absolute atomic E-state index is 11.6. The molecular weight excluding hydrogens is 188 g/mol. The van der Waals surface area contributed by atoms with E-state index >= 15 is 0 Å². The van der Waals surface area contributed by atoms with Crippen molar-refractivity contribution >= 4 is 5.91 Å². The first-order valence-corrected chi connectivity index (χ1v) is 6.02. The lowest BCUT2D eigenvalue weighted by molar-refractivity contribution is -0.123. The van der Waals surface area contributed by atoms with E-state index in [1.165, 1.54) is 32.1 Å². The third-order valence-corrected chi connectivity index (χ3v) is 3.58. The summed E-state index contributed by atoms with van der Waals surface area (Å²) in [6.07, 6.45) is 6.49. The van der Waals surface area contributed by atoms with E-state index in [0.717, 1.165) is 6.54 Å². The molecule has 1 aliphatic rings. The first kappa shape index (κ1) is 12.5. The molecule has 0 heterocycles. The predicted molar refractivity (Wildman–Crippen MR) is 62.7 cm³/mol. The molecule has 1 atom stereocenters. The summed E-state index contributed by atoms with van der Waals surface area (Å²) in [7, 11) is 1.81. The zero-order valence-corrected chi connectivity index (χ0v) is 10.2. The maximum Gasteiger partial charge on any atom is 0.236 e. The van der Waals surface area contributed by atoms with Crippen LogP contribution in [0.4, 0.5) is 0 Å². The van der Waals surface area contributed by atoms with Crippen molar-refractivity contribution in [2.24, 2.45) is 5.41 Å². The largest absolute Gasteiger partial charge is 0.354 e. The van der Waals surface area contributed by atoms with Crippen molar-refractivity contribution in [1.82, 2.24) is 10.6 Å². The van der Waals surface area contributed by atoms with E-state index in [9.17, 15) is 4.79 Å². The van der Waals surface area contributed by atoms with E-state index in [2.05, 4.69) is 17.6 Å². The van der Waals surface area contributed by atoms with Crippen molar-refractivity contribution in [3.8, 4) is 0 Å². The Bertz CT molecular complexity index is 210. The highest BCUT2D eigenvalue weighted by atomic mass is 16.2. The Kier molecular flexibility index (Phi) is 4.58. The molecule has 1 aliphatic carbocycles. The fraction of sp³-hybridized carbons (Fsp3) is 0.917. The number of nitrogens with one attached hydrogen (secondary N) is 2. The average molecular weight is 212 g/mol. The Morgan fingerprint density at radius 3 is 2.47 bits per heavy atom. The molecule has 0 aromatic carbocycles. The molecule has 1 fully saturated rings. The molecule has 1 unspecified atom stereocenters. The summed E-state index contributed by atoms with van der Waals surface area (Å²) in [6, 6.07) is -0.0859. The van der Waals surface area contributed by atoms with Crippen LogP contribution in [0.2, 0.25) is 0 Å². The van der Waals surface area contributed by atoms with Crippen LogP contribution in [0, 0.1) is 5.41 Å². The van der Waals surface area contributed by atoms with Crippen LogP contribution in [0.25, 0.3) is 0 Å². The maximum atomic E-state index is 11.6. The minimum atomic E-state index is -0.0859. The minimum Gasteiger partial charge on any atom is -0.354 e. The van der Waals surface area contributed by atoms with E-state index in [-0.39, 0.29) is 11.9 Å². The van der Waals surface area contributed by atoms with E-state index < -0.39 is 0 Å². The third kappa shape index (κ3) is 3.82. The summed E-state index contributed by atoms with van der Waals surface area (Å²) in [4.78, 5) is 11.6. The topological polar surface area (TPSA) is 41.1 Å². The fourth-order valence-corrected chi connectivity index (χ4v) is 2.17. The van der Waals surface area contributed by atoms with Crippen molar-refractivity contribution < 1.29 is 4.79 Å². The van der Waals surface area contributed by atoms with Crippen molar-refractivity contribution in [2.75, 3.05) is 13.6 Å². The molecule has 0 bridgehead atoms. The van der Waals surface area contributed by atoms with Gasteiger partial charge in [0.05, 0.1) is 6.04 Å². The number of carbonyl (C=O) groups is 1. The van der Waals surface area contributed by atoms with Gasteiger partial charge >= 0.3 is 0 Å². The molecule has 0 aliphatic heterocycles. The number of hydrogen-bond acceptors (Lipinski definition) is 2. The minimum absolute atomic E-state index is 0.0859. The van der Waals surface area contributed by atoms with Crippen molar-refractivity contribution in [2.45, 2.75) is 52.0 Å². The van der Waals surface area contributed by atoms with Gasteiger partial charge in [-0.3, -0.25) is 4.79 Å². The van der Waals surface area contributed by atoms with Gasteiger partial charge in [-0.25, -0.2) is 0 Å². The Morgan fingerprint density at radius 1 is 1.33 bits per heavy atom. The molecule has 88 valence electrons. The number of rotatable bonds is 4. The third-order valence-electron chi connectivity index (χ3n) is 3.58. The molecule has 2 N–H and O–H groups in total. The van der Waals surface area contributed by atoms with Crippen LogP contribution in [0.15, 0.2) is 0 Å².